The molecule has 0 aliphatic carbocycles. The molecule has 1 aromatic carbocycles. The largest absolute Gasteiger partial charge is 0.496 e. The molecule has 23 heavy (non-hydrogen) atoms. The molecule has 0 aliphatic heterocycles. The number of hydrogen-bond donors (Lipinski definition) is 2. The van der Waals surface area contributed by atoms with Gasteiger partial charge in [0.2, 0.25) is 11.8 Å². The fraction of sp³-hybridized carbons (Fsp3) is 0.529. The molecule has 0 spiro atoms. The van der Waals surface area contributed by atoms with Crippen molar-refractivity contribution in [2.45, 2.75) is 26.8 Å². The first kappa shape index (κ1) is 19.0. The SMILES string of the molecule is COCCCNC(=O)C(C)(C)C(=O)NCc1ccccc1OC. The molecular weight excluding hydrogens is 296 g/mol. The molecule has 0 bridgehead atoms. The van der Waals surface area contributed by atoms with E-state index in [0.717, 1.165) is 5.56 Å². The van der Waals surface area contributed by atoms with Gasteiger partial charge in [-0.2, -0.15) is 0 Å². The minimum Gasteiger partial charge on any atom is -0.496 e. The van der Waals surface area contributed by atoms with Gasteiger partial charge in [0.05, 0.1) is 7.11 Å². The fourth-order valence-corrected chi connectivity index (χ4v) is 1.99. The first-order valence-corrected chi connectivity index (χ1v) is 7.61. The topological polar surface area (TPSA) is 76.7 Å². The Hall–Kier alpha value is -2.08. The molecule has 6 nitrogen and oxygen atoms in total. The zero-order valence-electron chi connectivity index (χ0n) is 14.3. The summed E-state index contributed by atoms with van der Waals surface area (Å²) in [7, 11) is 3.19. The van der Waals surface area contributed by atoms with E-state index < -0.39 is 5.41 Å². The van der Waals surface area contributed by atoms with Crippen LogP contribution in [0.4, 0.5) is 0 Å². The molecule has 0 saturated heterocycles. The number of benzene rings is 1. The van der Waals surface area contributed by atoms with Crippen LogP contribution in [0.1, 0.15) is 25.8 Å². The van der Waals surface area contributed by atoms with Crippen LogP contribution in [-0.4, -0.2) is 39.2 Å². The number of ether oxygens (including phenoxy) is 2. The molecule has 0 aromatic heterocycles. The van der Waals surface area contributed by atoms with E-state index in [9.17, 15) is 9.59 Å². The lowest BCUT2D eigenvalue weighted by molar-refractivity contribution is -0.141. The maximum absolute atomic E-state index is 12.3. The Bertz CT molecular complexity index is 529. The van der Waals surface area contributed by atoms with Crippen LogP contribution >= 0.6 is 0 Å². The molecule has 0 atom stereocenters. The highest BCUT2D eigenvalue weighted by Crippen LogP contribution is 2.19. The first-order chi connectivity index (χ1) is 10.9. The molecule has 1 aromatic rings. The minimum atomic E-state index is -1.14. The zero-order chi connectivity index (χ0) is 17.3. The summed E-state index contributed by atoms with van der Waals surface area (Å²) in [4.78, 5) is 24.5. The van der Waals surface area contributed by atoms with Crippen LogP contribution in [0, 0.1) is 5.41 Å². The third kappa shape index (κ3) is 5.56. The number of hydrogen-bond acceptors (Lipinski definition) is 4. The number of methoxy groups -OCH3 is 2. The average molecular weight is 322 g/mol. The molecule has 0 radical (unpaired) electrons. The summed E-state index contributed by atoms with van der Waals surface area (Å²) in [6.07, 6.45) is 0.709. The lowest BCUT2D eigenvalue weighted by Crippen LogP contribution is -2.48. The molecule has 0 unspecified atom stereocenters. The summed E-state index contributed by atoms with van der Waals surface area (Å²) in [6.45, 7) is 4.58. The van der Waals surface area contributed by atoms with E-state index in [1.54, 1.807) is 28.1 Å². The monoisotopic (exact) mass is 322 g/mol. The van der Waals surface area contributed by atoms with Crippen molar-refractivity contribution in [1.29, 1.82) is 0 Å². The van der Waals surface area contributed by atoms with Gasteiger partial charge >= 0.3 is 0 Å². The van der Waals surface area contributed by atoms with Gasteiger partial charge in [0.25, 0.3) is 0 Å². The summed E-state index contributed by atoms with van der Waals surface area (Å²) >= 11 is 0. The lowest BCUT2D eigenvalue weighted by Gasteiger charge is -2.23. The molecule has 6 heteroatoms. The van der Waals surface area contributed by atoms with Crippen molar-refractivity contribution < 1.29 is 19.1 Å². The Labute approximate surface area is 137 Å². The molecule has 2 amide bonds. The molecule has 0 heterocycles. The van der Waals surface area contributed by atoms with Gasteiger partial charge in [-0.05, 0) is 26.3 Å². The van der Waals surface area contributed by atoms with Crippen molar-refractivity contribution in [1.82, 2.24) is 10.6 Å². The van der Waals surface area contributed by atoms with E-state index in [-0.39, 0.29) is 11.8 Å². The van der Waals surface area contributed by atoms with Crippen LogP contribution < -0.4 is 15.4 Å². The van der Waals surface area contributed by atoms with Gasteiger partial charge in [0.1, 0.15) is 11.2 Å². The summed E-state index contributed by atoms with van der Waals surface area (Å²) in [6, 6.07) is 7.44. The maximum Gasteiger partial charge on any atom is 0.235 e. The van der Waals surface area contributed by atoms with E-state index in [1.165, 1.54) is 0 Å². The molecule has 0 saturated carbocycles. The van der Waals surface area contributed by atoms with Gasteiger partial charge in [-0.1, -0.05) is 18.2 Å². The Morgan fingerprint density at radius 3 is 2.39 bits per heavy atom. The third-order valence-corrected chi connectivity index (χ3v) is 3.58. The lowest BCUT2D eigenvalue weighted by atomic mass is 9.91. The zero-order valence-corrected chi connectivity index (χ0v) is 14.3. The van der Waals surface area contributed by atoms with Crippen LogP contribution in [0.3, 0.4) is 0 Å². The molecule has 128 valence electrons. The van der Waals surface area contributed by atoms with Gasteiger partial charge in [0, 0.05) is 32.4 Å². The van der Waals surface area contributed by atoms with Crippen molar-refractivity contribution in [2.75, 3.05) is 27.4 Å². The normalized spacial score (nSPS) is 11.0. The number of carbonyl (C=O) groups excluding carboxylic acids is 2. The first-order valence-electron chi connectivity index (χ1n) is 7.61. The number of rotatable bonds is 9. The fourth-order valence-electron chi connectivity index (χ4n) is 1.99. The molecule has 0 aliphatic rings. The number of amides is 2. The molecule has 0 fully saturated rings. The second-order valence-electron chi connectivity index (χ2n) is 5.72. The summed E-state index contributed by atoms with van der Waals surface area (Å²) in [5, 5.41) is 5.55. The van der Waals surface area contributed by atoms with Crippen LogP contribution in [0.15, 0.2) is 24.3 Å². The highest BCUT2D eigenvalue weighted by atomic mass is 16.5. The van der Waals surface area contributed by atoms with Crippen LogP contribution in [0.25, 0.3) is 0 Å². The summed E-state index contributed by atoms with van der Waals surface area (Å²) in [5.41, 5.74) is -0.283. The van der Waals surface area contributed by atoms with Gasteiger partial charge in [-0.25, -0.2) is 0 Å². The molecular formula is C17H26N2O4. The van der Waals surface area contributed by atoms with Gasteiger partial charge in [-0.15, -0.1) is 0 Å². The quantitative estimate of drug-likeness (QED) is 0.533. The second-order valence-corrected chi connectivity index (χ2v) is 5.72. The van der Waals surface area contributed by atoms with Crippen molar-refractivity contribution >= 4 is 11.8 Å². The summed E-state index contributed by atoms with van der Waals surface area (Å²) < 4.78 is 10.2. The van der Waals surface area contributed by atoms with Crippen LogP contribution in [0.2, 0.25) is 0 Å². The van der Waals surface area contributed by atoms with Crippen molar-refractivity contribution in [3.8, 4) is 5.75 Å². The maximum atomic E-state index is 12.3. The van der Waals surface area contributed by atoms with E-state index in [0.29, 0.717) is 31.9 Å². The predicted octanol–water partition coefficient (Wildman–Crippen LogP) is 1.49. The van der Waals surface area contributed by atoms with Gasteiger partial charge < -0.3 is 20.1 Å². The standard InChI is InChI=1S/C17H26N2O4/c1-17(2,15(20)18-10-7-11-22-3)16(21)19-12-13-8-5-6-9-14(13)23-4/h5-6,8-9H,7,10-12H2,1-4H3,(H,18,20)(H,19,21). The third-order valence-electron chi connectivity index (χ3n) is 3.58. The second kappa shape index (κ2) is 9.15. The summed E-state index contributed by atoms with van der Waals surface area (Å²) in [5.74, 6) is 0.0772. The van der Waals surface area contributed by atoms with E-state index in [1.807, 2.05) is 24.3 Å². The van der Waals surface area contributed by atoms with Crippen molar-refractivity contribution in [2.24, 2.45) is 5.41 Å². The highest BCUT2D eigenvalue weighted by molar-refractivity contribution is 6.04. The van der Waals surface area contributed by atoms with E-state index in [4.69, 9.17) is 9.47 Å². The van der Waals surface area contributed by atoms with Gasteiger partial charge in [0.15, 0.2) is 0 Å². The van der Waals surface area contributed by atoms with E-state index >= 15 is 0 Å². The Morgan fingerprint density at radius 1 is 1.09 bits per heavy atom. The smallest absolute Gasteiger partial charge is 0.235 e. The van der Waals surface area contributed by atoms with Crippen LogP contribution in [0.5, 0.6) is 5.75 Å². The Kier molecular flexibility index (Phi) is 7.54. The van der Waals surface area contributed by atoms with Crippen molar-refractivity contribution in [3.05, 3.63) is 29.8 Å². The molecule has 1 rings (SSSR count). The van der Waals surface area contributed by atoms with Crippen molar-refractivity contribution in [3.63, 3.8) is 0 Å². The van der Waals surface area contributed by atoms with E-state index in [2.05, 4.69) is 10.6 Å². The average Bonchev–Trinajstić information content (AvgIpc) is 2.56. The predicted molar refractivity (Wildman–Crippen MR) is 88.1 cm³/mol. The number of para-hydroxylation sites is 1. The number of nitrogens with one attached hydrogen (secondary N) is 2. The minimum absolute atomic E-state index is 0.300. The Morgan fingerprint density at radius 2 is 1.74 bits per heavy atom. The number of carbonyl (C=O) groups is 2. The highest BCUT2D eigenvalue weighted by Gasteiger charge is 2.35. The Balaban J connectivity index is 2.56. The van der Waals surface area contributed by atoms with Crippen LogP contribution in [-0.2, 0) is 20.9 Å². The van der Waals surface area contributed by atoms with Gasteiger partial charge in [-0.3, -0.25) is 9.59 Å². The molecule has 2 N–H and O–H groups in total.